The van der Waals surface area contributed by atoms with Crippen LogP contribution in [0, 0.1) is 0 Å². The molecule has 0 saturated heterocycles. The molecule has 0 fully saturated rings. The molecule has 58 heavy (non-hydrogen) atoms. The van der Waals surface area contributed by atoms with Crippen molar-refractivity contribution < 1.29 is 10.2 Å². The summed E-state index contributed by atoms with van der Waals surface area (Å²) in [5, 5.41) is 21.3. The number of rotatable bonds is 5. The number of benzene rings is 5. The molecule has 3 heteroatoms. The van der Waals surface area contributed by atoms with Crippen LogP contribution in [0.3, 0.4) is 0 Å². The van der Waals surface area contributed by atoms with Crippen LogP contribution in [-0.4, -0.2) is 15.2 Å². The van der Waals surface area contributed by atoms with Crippen LogP contribution in [0.25, 0.3) is 10.8 Å². The maximum Gasteiger partial charge on any atom is 0.119 e. The quantitative estimate of drug-likeness (QED) is 0.183. The highest BCUT2D eigenvalue weighted by molar-refractivity contribution is 5.85. The van der Waals surface area contributed by atoms with Crippen molar-refractivity contribution in [2.24, 2.45) is 0 Å². The first kappa shape index (κ1) is 55.2. The van der Waals surface area contributed by atoms with Gasteiger partial charge >= 0.3 is 0 Å². The van der Waals surface area contributed by atoms with E-state index >= 15 is 0 Å². The Morgan fingerprint density at radius 3 is 1.22 bits per heavy atom. The topological polar surface area (TPSA) is 53.4 Å². The fourth-order valence-corrected chi connectivity index (χ4v) is 5.61. The summed E-state index contributed by atoms with van der Waals surface area (Å²) in [6.45, 7) is 28.2. The summed E-state index contributed by atoms with van der Waals surface area (Å²) in [6, 6.07) is 43.0. The first-order valence-corrected chi connectivity index (χ1v) is 20.0. The Labute approximate surface area is 356 Å². The monoisotopic (exact) mass is 788 g/mol. The van der Waals surface area contributed by atoms with Crippen LogP contribution in [-0.2, 0) is 5.41 Å². The maximum absolute atomic E-state index is 9.78. The highest BCUT2D eigenvalue weighted by atomic mass is 16.3. The van der Waals surface area contributed by atoms with E-state index in [-0.39, 0.29) is 27.7 Å². The molecule has 3 nitrogen and oxygen atoms in total. The summed E-state index contributed by atoms with van der Waals surface area (Å²) in [5.41, 5.74) is 7.86. The zero-order valence-electron chi connectivity index (χ0n) is 36.0. The standard InChI is InChI=1S/C13H14O.C13H20.C9H12O.C9H12.C8H11N.3CH4/c1-9(2)12-7-10-5-3-4-6-11(10)8-13(12)14;1-10(2)11-6-8-12(9-7-11)13(3,4)5;1-7(2)8-5-3-4-6-9(8)10;1-8(2)9-6-4-3-5-7-9;1-7(2)8-4-3-5-9-6-8;;;/h3-9,14H,1-2H3;6-10H,1-5H3;3-7,10H,1-2H3;3-8H,1-2H3;3-7H,1-2H3;3*1H4. The number of fused-ring (bicyclic) bond motifs is 1. The number of para-hydroxylation sites is 1. The van der Waals surface area contributed by atoms with E-state index in [1.165, 1.54) is 27.6 Å². The van der Waals surface area contributed by atoms with Gasteiger partial charge in [0.15, 0.2) is 0 Å². The second kappa shape index (κ2) is 27.7. The minimum absolute atomic E-state index is 0. The van der Waals surface area contributed by atoms with Crippen molar-refractivity contribution in [3.63, 3.8) is 0 Å². The van der Waals surface area contributed by atoms with Crippen LogP contribution < -0.4 is 0 Å². The molecule has 0 saturated carbocycles. The Kier molecular flexibility index (Phi) is 26.4. The fourth-order valence-electron chi connectivity index (χ4n) is 5.61. The zero-order valence-corrected chi connectivity index (χ0v) is 36.0. The Balaban J connectivity index is 0. The molecule has 0 aliphatic rings. The number of hydrogen-bond donors (Lipinski definition) is 2. The summed E-state index contributed by atoms with van der Waals surface area (Å²) in [6.07, 6.45) is 3.70. The average molecular weight is 788 g/mol. The smallest absolute Gasteiger partial charge is 0.119 e. The van der Waals surface area contributed by atoms with Crippen molar-refractivity contribution in [2.45, 2.75) is 147 Å². The fraction of sp³-hybridized carbons (Fsp3) is 0.400. The van der Waals surface area contributed by atoms with Gasteiger partial charge in [-0.05, 0) is 103 Å². The van der Waals surface area contributed by atoms with E-state index in [1.54, 1.807) is 12.3 Å². The Bertz CT molecular complexity index is 1870. The van der Waals surface area contributed by atoms with E-state index in [1.807, 2.05) is 60.8 Å². The number of phenols is 2. The van der Waals surface area contributed by atoms with Crippen LogP contribution in [0.5, 0.6) is 11.5 Å². The number of aromatic hydroxyl groups is 2. The van der Waals surface area contributed by atoms with Gasteiger partial charge in [0.2, 0.25) is 0 Å². The van der Waals surface area contributed by atoms with Gasteiger partial charge in [-0.1, -0.05) is 215 Å². The third-order valence-electron chi connectivity index (χ3n) is 9.34. The third-order valence-corrected chi connectivity index (χ3v) is 9.34. The van der Waals surface area contributed by atoms with Crippen LogP contribution in [0.2, 0.25) is 0 Å². The Morgan fingerprint density at radius 2 is 0.845 bits per heavy atom. The molecule has 1 heterocycles. The molecule has 0 unspecified atom stereocenters. The van der Waals surface area contributed by atoms with Gasteiger partial charge in [-0.15, -0.1) is 0 Å². The molecular weight excluding hydrogens is 707 g/mol. The van der Waals surface area contributed by atoms with E-state index in [2.05, 4.69) is 162 Å². The van der Waals surface area contributed by atoms with E-state index in [9.17, 15) is 10.2 Å². The normalized spacial score (nSPS) is 10.3. The molecule has 6 aromatic rings. The van der Waals surface area contributed by atoms with Crippen molar-refractivity contribution in [3.8, 4) is 11.5 Å². The van der Waals surface area contributed by atoms with Crippen molar-refractivity contribution in [2.75, 3.05) is 0 Å². The molecule has 2 N–H and O–H groups in total. The largest absolute Gasteiger partial charge is 0.508 e. The molecule has 0 bridgehead atoms. The van der Waals surface area contributed by atoms with Crippen molar-refractivity contribution in [1.29, 1.82) is 0 Å². The van der Waals surface area contributed by atoms with Crippen molar-refractivity contribution in [1.82, 2.24) is 4.98 Å². The SMILES string of the molecule is C.C.C.CC(C)c1cc2ccccc2cc1O.CC(C)c1ccc(C(C)(C)C)cc1.CC(C)c1ccccc1.CC(C)c1ccccc1O.CC(C)c1cccnc1. The first-order valence-electron chi connectivity index (χ1n) is 20.0. The lowest BCUT2D eigenvalue weighted by Gasteiger charge is -2.19. The molecule has 0 aliphatic heterocycles. The lowest BCUT2D eigenvalue weighted by molar-refractivity contribution is 0.464. The summed E-state index contributed by atoms with van der Waals surface area (Å²) in [5.74, 6) is 3.45. The molecule has 6 rings (SSSR count). The number of hydrogen-bond acceptors (Lipinski definition) is 3. The predicted molar refractivity (Wildman–Crippen MR) is 260 cm³/mol. The Hall–Kier alpha value is -4.89. The van der Waals surface area contributed by atoms with Crippen LogP contribution >= 0.6 is 0 Å². The Morgan fingerprint density at radius 1 is 0.414 bits per heavy atom. The van der Waals surface area contributed by atoms with Crippen LogP contribution in [0.15, 0.2) is 140 Å². The van der Waals surface area contributed by atoms with Crippen LogP contribution in [0.1, 0.15) is 175 Å². The molecule has 0 amide bonds. The second-order valence-electron chi connectivity index (χ2n) is 16.7. The van der Waals surface area contributed by atoms with Gasteiger partial charge in [0.05, 0.1) is 0 Å². The minimum atomic E-state index is 0. The molecule has 0 atom stereocenters. The average Bonchev–Trinajstić information content (AvgIpc) is 3.16. The van der Waals surface area contributed by atoms with Crippen molar-refractivity contribution >= 4 is 10.8 Å². The van der Waals surface area contributed by atoms with E-state index in [0.717, 1.165) is 16.5 Å². The molecule has 0 radical (unpaired) electrons. The molecular formula is C55H81NO2. The van der Waals surface area contributed by atoms with E-state index in [4.69, 9.17) is 0 Å². The van der Waals surface area contributed by atoms with Gasteiger partial charge in [0, 0.05) is 12.4 Å². The van der Waals surface area contributed by atoms with Crippen molar-refractivity contribution in [3.05, 3.63) is 173 Å². The van der Waals surface area contributed by atoms with Gasteiger partial charge in [-0.25, -0.2) is 0 Å². The van der Waals surface area contributed by atoms with Gasteiger partial charge in [0.1, 0.15) is 11.5 Å². The molecule has 5 aromatic carbocycles. The minimum Gasteiger partial charge on any atom is -0.508 e. The van der Waals surface area contributed by atoms with Gasteiger partial charge in [0.25, 0.3) is 0 Å². The number of phenolic OH excluding ortho intramolecular Hbond substituents is 2. The summed E-state index contributed by atoms with van der Waals surface area (Å²) in [4.78, 5) is 4.01. The highest BCUT2D eigenvalue weighted by Gasteiger charge is 2.13. The molecule has 318 valence electrons. The van der Waals surface area contributed by atoms with Crippen LogP contribution in [0.4, 0.5) is 0 Å². The van der Waals surface area contributed by atoms with Gasteiger partial charge < -0.3 is 10.2 Å². The van der Waals surface area contributed by atoms with E-state index < -0.39 is 0 Å². The molecule has 1 aromatic heterocycles. The maximum atomic E-state index is 9.78. The first-order chi connectivity index (χ1) is 25.9. The summed E-state index contributed by atoms with van der Waals surface area (Å²) < 4.78 is 0. The summed E-state index contributed by atoms with van der Waals surface area (Å²) >= 11 is 0. The van der Waals surface area contributed by atoms with Gasteiger partial charge in [-0.2, -0.15) is 0 Å². The highest BCUT2D eigenvalue weighted by Crippen LogP contribution is 2.30. The lowest BCUT2D eigenvalue weighted by Crippen LogP contribution is -2.10. The number of nitrogens with zero attached hydrogens (tertiary/aromatic N) is 1. The van der Waals surface area contributed by atoms with E-state index in [0.29, 0.717) is 41.1 Å². The molecule has 0 aliphatic carbocycles. The number of pyridine rings is 1. The third kappa shape index (κ3) is 19.5. The van der Waals surface area contributed by atoms with Gasteiger partial charge in [-0.3, -0.25) is 4.98 Å². The zero-order chi connectivity index (χ0) is 41.1. The second-order valence-corrected chi connectivity index (χ2v) is 16.7. The molecule has 0 spiro atoms. The lowest BCUT2D eigenvalue weighted by atomic mass is 9.86. The number of aromatic nitrogens is 1. The predicted octanol–water partition coefficient (Wildman–Crippen LogP) is 17.2. The summed E-state index contributed by atoms with van der Waals surface area (Å²) in [7, 11) is 0.